The summed E-state index contributed by atoms with van der Waals surface area (Å²) >= 11 is 0. The second-order valence-corrected chi connectivity index (χ2v) is 6.40. The molecule has 3 N–H and O–H groups in total. The number of nitrogens with zero attached hydrogens (tertiary/aromatic N) is 2. The molecule has 8 heteroatoms. The first-order valence-corrected chi connectivity index (χ1v) is 8.76. The Hall–Kier alpha value is -2.87. The molecule has 0 saturated carbocycles. The number of hydrogen-bond acceptors (Lipinski definition) is 7. The van der Waals surface area contributed by atoms with Gasteiger partial charge in [-0.3, -0.25) is 9.97 Å². The molecule has 2 aromatic rings. The zero-order valence-corrected chi connectivity index (χ0v) is 15.7. The Morgan fingerprint density at radius 3 is 2.56 bits per heavy atom. The van der Waals surface area contributed by atoms with Crippen LogP contribution >= 0.6 is 0 Å². The largest absolute Gasteiger partial charge is 0.492 e. The number of carbonyl (C=O) groups is 1. The lowest BCUT2D eigenvalue weighted by molar-refractivity contribution is 0.0380. The number of aromatic nitrogens is 2. The van der Waals surface area contributed by atoms with Crippen LogP contribution in [-0.2, 0) is 11.2 Å². The average Bonchev–Trinajstić information content (AvgIpc) is 2.64. The average molecular weight is 374 g/mol. The van der Waals surface area contributed by atoms with Crippen LogP contribution in [0.1, 0.15) is 19.5 Å². The van der Waals surface area contributed by atoms with Crippen molar-refractivity contribution in [3.63, 3.8) is 0 Å². The molecule has 1 amide bonds. The van der Waals surface area contributed by atoms with E-state index in [0.29, 0.717) is 44.2 Å². The third-order valence-electron chi connectivity index (χ3n) is 3.44. The van der Waals surface area contributed by atoms with Crippen molar-refractivity contribution >= 4 is 6.09 Å². The van der Waals surface area contributed by atoms with Gasteiger partial charge in [-0.1, -0.05) is 0 Å². The van der Waals surface area contributed by atoms with E-state index in [-0.39, 0.29) is 0 Å². The Labute approximate surface area is 159 Å². The molecule has 0 atom stereocenters. The minimum Gasteiger partial charge on any atom is -0.492 e. The van der Waals surface area contributed by atoms with Crippen LogP contribution in [-0.4, -0.2) is 48.0 Å². The Morgan fingerprint density at radius 2 is 1.81 bits per heavy atom. The lowest BCUT2D eigenvalue weighted by Gasteiger charge is -2.25. The van der Waals surface area contributed by atoms with Gasteiger partial charge in [0, 0.05) is 43.3 Å². The van der Waals surface area contributed by atoms with Crippen molar-refractivity contribution in [3.8, 4) is 11.5 Å². The monoisotopic (exact) mass is 374 g/mol. The smallest absolute Gasteiger partial charge is 0.407 e. The van der Waals surface area contributed by atoms with Gasteiger partial charge in [-0.25, -0.2) is 4.79 Å². The molecule has 0 radical (unpaired) electrons. The minimum atomic E-state index is -0.727. The highest BCUT2D eigenvalue weighted by atomic mass is 16.6. The third kappa shape index (κ3) is 7.91. The van der Waals surface area contributed by atoms with Gasteiger partial charge in [-0.15, -0.1) is 0 Å². The molecule has 2 heterocycles. The van der Waals surface area contributed by atoms with Gasteiger partial charge < -0.3 is 25.3 Å². The SMILES string of the molecule is CC(C)(Cc1cc(OCCN)ccn1)OC(=O)NCCOc1ccncc1. The predicted molar refractivity (Wildman–Crippen MR) is 101 cm³/mol. The first-order chi connectivity index (χ1) is 13.0. The maximum atomic E-state index is 12.0. The van der Waals surface area contributed by atoms with Gasteiger partial charge in [0.2, 0.25) is 0 Å². The molecule has 27 heavy (non-hydrogen) atoms. The summed E-state index contributed by atoms with van der Waals surface area (Å²) in [7, 11) is 0. The lowest BCUT2D eigenvalue weighted by Crippen LogP contribution is -2.37. The lowest BCUT2D eigenvalue weighted by atomic mass is 10.0. The highest BCUT2D eigenvalue weighted by molar-refractivity contribution is 5.67. The number of hydrogen-bond donors (Lipinski definition) is 2. The van der Waals surface area contributed by atoms with Gasteiger partial charge in [0.15, 0.2) is 0 Å². The van der Waals surface area contributed by atoms with E-state index in [1.165, 1.54) is 0 Å². The molecule has 2 rings (SSSR count). The van der Waals surface area contributed by atoms with Gasteiger partial charge in [-0.05, 0) is 32.0 Å². The molecule has 0 unspecified atom stereocenters. The quantitative estimate of drug-likeness (QED) is 0.612. The van der Waals surface area contributed by atoms with Crippen LogP contribution in [0.4, 0.5) is 4.79 Å². The molecule has 2 aromatic heterocycles. The van der Waals surface area contributed by atoms with Crippen molar-refractivity contribution in [1.29, 1.82) is 0 Å². The number of carbonyl (C=O) groups excluding carboxylic acids is 1. The molecule has 8 nitrogen and oxygen atoms in total. The molecule has 0 saturated heterocycles. The first-order valence-electron chi connectivity index (χ1n) is 8.76. The molecule has 0 aliphatic heterocycles. The normalized spacial score (nSPS) is 10.9. The summed E-state index contributed by atoms with van der Waals surface area (Å²) in [5.41, 5.74) is 5.48. The number of nitrogens with one attached hydrogen (secondary N) is 1. The highest BCUT2D eigenvalue weighted by Crippen LogP contribution is 2.19. The molecule has 146 valence electrons. The summed E-state index contributed by atoms with van der Waals surface area (Å²) in [5.74, 6) is 1.39. The fourth-order valence-corrected chi connectivity index (χ4v) is 2.34. The van der Waals surface area contributed by atoms with E-state index < -0.39 is 11.7 Å². The summed E-state index contributed by atoms with van der Waals surface area (Å²) in [6.07, 6.45) is 4.89. The van der Waals surface area contributed by atoms with Crippen molar-refractivity contribution in [2.24, 2.45) is 5.73 Å². The van der Waals surface area contributed by atoms with E-state index in [9.17, 15) is 4.79 Å². The molecule has 0 bridgehead atoms. The van der Waals surface area contributed by atoms with Crippen LogP contribution < -0.4 is 20.5 Å². The van der Waals surface area contributed by atoms with E-state index in [4.69, 9.17) is 19.9 Å². The standard InChI is InChI=1S/C19H26N4O4/c1-19(2,14-15-13-17(5-9-22-15)25-11-6-20)27-18(24)23-10-12-26-16-3-7-21-8-4-16/h3-5,7-9,13H,6,10-12,14,20H2,1-2H3,(H,23,24). The van der Waals surface area contributed by atoms with Gasteiger partial charge in [0.25, 0.3) is 0 Å². The van der Waals surface area contributed by atoms with Crippen LogP contribution in [0.5, 0.6) is 11.5 Å². The van der Waals surface area contributed by atoms with E-state index in [2.05, 4.69) is 15.3 Å². The Bertz CT molecular complexity index is 710. The number of pyridine rings is 2. The minimum absolute atomic E-state index is 0.331. The molecule has 0 aliphatic rings. The molecular weight excluding hydrogens is 348 g/mol. The van der Waals surface area contributed by atoms with Gasteiger partial charge in [0.05, 0.1) is 6.54 Å². The molecule has 0 spiro atoms. The van der Waals surface area contributed by atoms with Gasteiger partial charge >= 0.3 is 6.09 Å². The second kappa shape index (κ2) is 10.3. The van der Waals surface area contributed by atoms with Gasteiger partial charge in [-0.2, -0.15) is 0 Å². The first kappa shape index (κ1) is 20.4. The van der Waals surface area contributed by atoms with Crippen LogP contribution in [0.3, 0.4) is 0 Å². The van der Waals surface area contributed by atoms with Crippen LogP contribution in [0, 0.1) is 0 Å². The van der Waals surface area contributed by atoms with Gasteiger partial charge in [0.1, 0.15) is 30.3 Å². The number of amides is 1. The summed E-state index contributed by atoms with van der Waals surface area (Å²) in [5, 5.41) is 2.67. The Balaban J connectivity index is 1.75. The maximum absolute atomic E-state index is 12.0. The van der Waals surface area contributed by atoms with Crippen LogP contribution in [0.2, 0.25) is 0 Å². The fourth-order valence-electron chi connectivity index (χ4n) is 2.34. The summed E-state index contributed by atoms with van der Waals surface area (Å²) < 4.78 is 16.5. The van der Waals surface area contributed by atoms with Crippen LogP contribution in [0.15, 0.2) is 42.9 Å². The van der Waals surface area contributed by atoms with Crippen molar-refractivity contribution < 1.29 is 19.0 Å². The number of ether oxygens (including phenoxy) is 3. The van der Waals surface area contributed by atoms with E-state index >= 15 is 0 Å². The summed E-state index contributed by atoms with van der Waals surface area (Å²) in [6.45, 7) is 5.20. The van der Waals surface area contributed by atoms with E-state index in [1.807, 2.05) is 19.9 Å². The number of alkyl carbamates (subject to hydrolysis) is 1. The van der Waals surface area contributed by atoms with E-state index in [0.717, 1.165) is 5.69 Å². The molecule has 0 aromatic carbocycles. The molecule has 0 aliphatic carbocycles. The van der Waals surface area contributed by atoms with Crippen molar-refractivity contribution in [3.05, 3.63) is 48.5 Å². The highest BCUT2D eigenvalue weighted by Gasteiger charge is 2.24. The number of rotatable bonds is 10. The molecular formula is C19H26N4O4. The van der Waals surface area contributed by atoms with Crippen molar-refractivity contribution in [1.82, 2.24) is 15.3 Å². The third-order valence-corrected chi connectivity index (χ3v) is 3.44. The zero-order valence-electron chi connectivity index (χ0n) is 15.7. The molecule has 0 fully saturated rings. The van der Waals surface area contributed by atoms with Crippen LogP contribution in [0.25, 0.3) is 0 Å². The van der Waals surface area contributed by atoms with Crippen molar-refractivity contribution in [2.75, 3.05) is 26.3 Å². The second-order valence-electron chi connectivity index (χ2n) is 6.40. The number of nitrogens with two attached hydrogens (primary N) is 1. The zero-order chi connectivity index (χ0) is 19.5. The Kier molecular flexibility index (Phi) is 7.81. The van der Waals surface area contributed by atoms with Crippen molar-refractivity contribution in [2.45, 2.75) is 25.9 Å². The predicted octanol–water partition coefficient (Wildman–Crippen LogP) is 1.94. The van der Waals surface area contributed by atoms with E-state index in [1.54, 1.807) is 36.8 Å². The summed E-state index contributed by atoms with van der Waals surface area (Å²) in [4.78, 5) is 20.2. The fraction of sp³-hybridized carbons (Fsp3) is 0.421. The Morgan fingerprint density at radius 1 is 1.11 bits per heavy atom. The topological polar surface area (TPSA) is 109 Å². The maximum Gasteiger partial charge on any atom is 0.407 e. The summed E-state index contributed by atoms with van der Waals surface area (Å²) in [6, 6.07) is 7.09.